The summed E-state index contributed by atoms with van der Waals surface area (Å²) in [6, 6.07) is 2.05. The molecule has 0 N–H and O–H groups in total. The predicted octanol–water partition coefficient (Wildman–Crippen LogP) is 1.44. The van der Waals surface area contributed by atoms with Crippen molar-refractivity contribution in [2.75, 3.05) is 49.1 Å². The first-order chi connectivity index (χ1) is 10.8. The highest BCUT2D eigenvalue weighted by atomic mass is 16.1. The second-order valence-corrected chi connectivity index (χ2v) is 6.20. The number of nitrogens with zero attached hydrogens (tertiary/aromatic N) is 5. The third-order valence-corrected chi connectivity index (χ3v) is 4.51. The van der Waals surface area contributed by atoms with Gasteiger partial charge in [0, 0.05) is 51.0 Å². The van der Waals surface area contributed by atoms with Crippen molar-refractivity contribution in [2.45, 2.75) is 32.6 Å². The minimum Gasteiger partial charge on any atom is -0.353 e. The number of hydrogen-bond donors (Lipinski definition) is 0. The molecule has 0 spiro atoms. The first kappa shape index (κ1) is 15.1. The molecule has 2 aliphatic rings. The van der Waals surface area contributed by atoms with Gasteiger partial charge in [0.2, 0.25) is 12.4 Å². The van der Waals surface area contributed by atoms with Gasteiger partial charge >= 0.3 is 0 Å². The molecule has 0 radical (unpaired) electrons. The molecular weight excluding hydrogens is 278 g/mol. The zero-order valence-corrected chi connectivity index (χ0v) is 13.4. The Bertz CT molecular complexity index is 505. The molecular formula is C16H25N5O. The quantitative estimate of drug-likeness (QED) is 0.791. The van der Waals surface area contributed by atoms with Crippen LogP contribution in [0.25, 0.3) is 0 Å². The summed E-state index contributed by atoms with van der Waals surface area (Å²) in [4.78, 5) is 26.7. The number of carbonyl (C=O) groups excluding carboxylic acids is 1. The fourth-order valence-electron chi connectivity index (χ4n) is 3.17. The largest absolute Gasteiger partial charge is 0.353 e. The van der Waals surface area contributed by atoms with E-state index in [9.17, 15) is 4.79 Å². The molecule has 0 atom stereocenters. The first-order valence-electron chi connectivity index (χ1n) is 8.31. The Morgan fingerprint density at radius 2 is 1.59 bits per heavy atom. The molecule has 0 saturated carbocycles. The van der Waals surface area contributed by atoms with Crippen molar-refractivity contribution in [1.82, 2.24) is 14.9 Å². The molecule has 1 amide bonds. The normalized spacial score (nSPS) is 20.0. The lowest BCUT2D eigenvalue weighted by molar-refractivity contribution is -0.118. The Labute approximate surface area is 132 Å². The number of amides is 1. The lowest BCUT2D eigenvalue weighted by atomic mass is 10.2. The predicted molar refractivity (Wildman–Crippen MR) is 87.3 cm³/mol. The second kappa shape index (κ2) is 6.94. The van der Waals surface area contributed by atoms with Gasteiger partial charge in [0.25, 0.3) is 0 Å². The highest BCUT2D eigenvalue weighted by Crippen LogP contribution is 2.21. The SMILES string of the molecule is Cc1cc(N2CCN(C=O)CC2)nc(N2CCCCCC2)n1. The molecule has 6 heteroatoms. The van der Waals surface area contributed by atoms with Gasteiger partial charge in [-0.1, -0.05) is 12.8 Å². The topological polar surface area (TPSA) is 52.6 Å². The molecule has 0 unspecified atom stereocenters. The average molecular weight is 303 g/mol. The van der Waals surface area contributed by atoms with E-state index < -0.39 is 0 Å². The summed E-state index contributed by atoms with van der Waals surface area (Å²) in [5.74, 6) is 1.87. The van der Waals surface area contributed by atoms with Gasteiger partial charge in [0.15, 0.2) is 0 Å². The Hall–Kier alpha value is -1.85. The van der Waals surface area contributed by atoms with E-state index in [1.54, 1.807) is 0 Å². The summed E-state index contributed by atoms with van der Waals surface area (Å²) >= 11 is 0. The van der Waals surface area contributed by atoms with Crippen molar-refractivity contribution in [3.63, 3.8) is 0 Å². The third kappa shape index (κ3) is 3.48. The molecule has 0 bridgehead atoms. The summed E-state index contributed by atoms with van der Waals surface area (Å²) in [6.07, 6.45) is 6.01. The molecule has 3 rings (SSSR count). The van der Waals surface area contributed by atoms with Crippen LogP contribution >= 0.6 is 0 Å². The lowest BCUT2D eigenvalue weighted by Crippen LogP contribution is -2.46. The fraction of sp³-hybridized carbons (Fsp3) is 0.688. The number of rotatable bonds is 3. The van der Waals surface area contributed by atoms with Crippen molar-refractivity contribution in [3.05, 3.63) is 11.8 Å². The lowest BCUT2D eigenvalue weighted by Gasteiger charge is -2.34. The number of carbonyl (C=O) groups is 1. The van der Waals surface area contributed by atoms with Crippen molar-refractivity contribution in [3.8, 4) is 0 Å². The van der Waals surface area contributed by atoms with Gasteiger partial charge in [-0.25, -0.2) is 4.98 Å². The Balaban J connectivity index is 1.76. The highest BCUT2D eigenvalue weighted by Gasteiger charge is 2.19. The minimum atomic E-state index is 0.769. The molecule has 0 aliphatic carbocycles. The van der Waals surface area contributed by atoms with Crippen LogP contribution in [0.3, 0.4) is 0 Å². The Morgan fingerprint density at radius 3 is 2.23 bits per heavy atom. The van der Waals surface area contributed by atoms with Gasteiger partial charge in [-0.2, -0.15) is 4.98 Å². The van der Waals surface area contributed by atoms with Crippen LogP contribution in [0, 0.1) is 6.92 Å². The number of piperazine rings is 1. The van der Waals surface area contributed by atoms with Crippen LogP contribution in [0.4, 0.5) is 11.8 Å². The maximum atomic E-state index is 10.8. The van der Waals surface area contributed by atoms with E-state index in [0.717, 1.165) is 63.1 Å². The van der Waals surface area contributed by atoms with Gasteiger partial charge in [-0.15, -0.1) is 0 Å². The molecule has 2 fully saturated rings. The Morgan fingerprint density at radius 1 is 0.909 bits per heavy atom. The smallest absolute Gasteiger partial charge is 0.227 e. The summed E-state index contributed by atoms with van der Waals surface area (Å²) in [6.45, 7) is 7.37. The van der Waals surface area contributed by atoms with Crippen LogP contribution in [-0.4, -0.2) is 60.5 Å². The number of anilines is 2. The van der Waals surface area contributed by atoms with E-state index in [1.165, 1.54) is 25.7 Å². The van der Waals surface area contributed by atoms with E-state index in [1.807, 2.05) is 11.8 Å². The number of hydrogen-bond acceptors (Lipinski definition) is 5. The van der Waals surface area contributed by atoms with Gasteiger partial charge in [-0.3, -0.25) is 4.79 Å². The third-order valence-electron chi connectivity index (χ3n) is 4.51. The van der Waals surface area contributed by atoms with Crippen LogP contribution in [0.2, 0.25) is 0 Å². The molecule has 1 aromatic heterocycles. The van der Waals surface area contributed by atoms with E-state index in [2.05, 4.69) is 20.9 Å². The van der Waals surface area contributed by atoms with Gasteiger partial charge in [-0.05, 0) is 19.8 Å². The minimum absolute atomic E-state index is 0.769. The zero-order chi connectivity index (χ0) is 15.4. The van der Waals surface area contributed by atoms with Crippen LogP contribution in [0.15, 0.2) is 6.07 Å². The highest BCUT2D eigenvalue weighted by molar-refractivity contribution is 5.50. The Kier molecular flexibility index (Phi) is 4.75. The monoisotopic (exact) mass is 303 g/mol. The molecule has 2 aliphatic heterocycles. The van der Waals surface area contributed by atoms with Crippen molar-refractivity contribution >= 4 is 18.2 Å². The molecule has 1 aromatic rings. The van der Waals surface area contributed by atoms with E-state index in [-0.39, 0.29) is 0 Å². The molecule has 120 valence electrons. The summed E-state index contributed by atoms with van der Waals surface area (Å²) in [5, 5.41) is 0. The van der Waals surface area contributed by atoms with E-state index in [0.29, 0.717) is 0 Å². The fourth-order valence-corrected chi connectivity index (χ4v) is 3.17. The van der Waals surface area contributed by atoms with E-state index >= 15 is 0 Å². The average Bonchev–Trinajstić information content (AvgIpc) is 2.84. The van der Waals surface area contributed by atoms with Crippen molar-refractivity contribution < 1.29 is 4.79 Å². The molecule has 3 heterocycles. The molecule has 2 saturated heterocycles. The van der Waals surface area contributed by atoms with Crippen molar-refractivity contribution in [2.24, 2.45) is 0 Å². The van der Waals surface area contributed by atoms with Crippen molar-refractivity contribution in [1.29, 1.82) is 0 Å². The number of aromatic nitrogens is 2. The van der Waals surface area contributed by atoms with Crippen LogP contribution < -0.4 is 9.80 Å². The maximum absolute atomic E-state index is 10.8. The van der Waals surface area contributed by atoms with E-state index in [4.69, 9.17) is 4.98 Å². The molecule has 6 nitrogen and oxygen atoms in total. The summed E-state index contributed by atoms with van der Waals surface area (Å²) in [7, 11) is 0. The zero-order valence-electron chi connectivity index (χ0n) is 13.4. The first-order valence-corrected chi connectivity index (χ1v) is 8.31. The summed E-state index contributed by atoms with van der Waals surface area (Å²) < 4.78 is 0. The summed E-state index contributed by atoms with van der Waals surface area (Å²) in [5.41, 5.74) is 1.02. The van der Waals surface area contributed by atoms with Gasteiger partial charge < -0.3 is 14.7 Å². The van der Waals surface area contributed by atoms with Crippen LogP contribution in [0.1, 0.15) is 31.4 Å². The van der Waals surface area contributed by atoms with Crippen LogP contribution in [-0.2, 0) is 4.79 Å². The molecule has 0 aromatic carbocycles. The standard InChI is InChI=1S/C16H25N5O/c1-14-12-15(20-10-8-19(13-22)9-11-20)18-16(17-14)21-6-4-2-3-5-7-21/h12-13H,2-11H2,1H3. The van der Waals surface area contributed by atoms with Gasteiger partial charge in [0.1, 0.15) is 5.82 Å². The van der Waals surface area contributed by atoms with Crippen LogP contribution in [0.5, 0.6) is 0 Å². The second-order valence-electron chi connectivity index (χ2n) is 6.20. The van der Waals surface area contributed by atoms with Gasteiger partial charge in [0.05, 0.1) is 0 Å². The number of aryl methyl sites for hydroxylation is 1. The molecule has 22 heavy (non-hydrogen) atoms. The maximum Gasteiger partial charge on any atom is 0.227 e.